The average molecular weight is 504 g/mol. The number of amides is 1. The molecular formula is C26H25N5O6. The van der Waals surface area contributed by atoms with Crippen LogP contribution in [0.4, 0.5) is 11.4 Å². The van der Waals surface area contributed by atoms with Crippen LogP contribution < -0.4 is 14.8 Å². The highest BCUT2D eigenvalue weighted by Gasteiger charge is 2.17. The van der Waals surface area contributed by atoms with E-state index in [2.05, 4.69) is 15.4 Å². The van der Waals surface area contributed by atoms with Gasteiger partial charge in [-0.2, -0.15) is 4.98 Å². The molecule has 4 rings (SSSR count). The molecule has 0 spiro atoms. The maximum Gasteiger partial charge on any atom is 0.336 e. The highest BCUT2D eigenvalue weighted by Crippen LogP contribution is 2.27. The number of hydrogen-bond donors (Lipinski definition) is 1. The molecule has 0 fully saturated rings. The minimum absolute atomic E-state index is 0.162. The Balaban J connectivity index is 1.63. The van der Waals surface area contributed by atoms with E-state index < -0.39 is 10.8 Å². The van der Waals surface area contributed by atoms with Crippen LogP contribution in [-0.2, 0) is 4.74 Å². The Bertz CT molecular complexity index is 1390. The van der Waals surface area contributed by atoms with E-state index in [4.69, 9.17) is 14.2 Å². The summed E-state index contributed by atoms with van der Waals surface area (Å²) in [4.78, 5) is 27.8. The molecule has 0 radical (unpaired) electrons. The van der Waals surface area contributed by atoms with Crippen LogP contribution in [0.2, 0.25) is 0 Å². The van der Waals surface area contributed by atoms with Gasteiger partial charge in [-0.25, -0.2) is 4.68 Å². The molecule has 0 saturated heterocycles. The number of nitrogens with one attached hydrogen (secondary N) is 1. The fourth-order valence-corrected chi connectivity index (χ4v) is 3.48. The minimum atomic E-state index is -0.545. The maximum absolute atomic E-state index is 12.7. The molecule has 0 saturated carbocycles. The van der Waals surface area contributed by atoms with Crippen molar-refractivity contribution in [1.82, 2.24) is 14.8 Å². The fourth-order valence-electron chi connectivity index (χ4n) is 3.48. The molecule has 0 unspecified atom stereocenters. The summed E-state index contributed by atoms with van der Waals surface area (Å²) in [6.45, 7) is 3.18. The molecule has 190 valence electrons. The van der Waals surface area contributed by atoms with Gasteiger partial charge >= 0.3 is 6.01 Å². The predicted molar refractivity (Wildman–Crippen MR) is 136 cm³/mol. The molecule has 0 aliphatic carbocycles. The highest BCUT2D eigenvalue weighted by molar-refractivity contribution is 6.04. The maximum atomic E-state index is 12.7. The number of anilines is 1. The second kappa shape index (κ2) is 11.8. The molecule has 37 heavy (non-hydrogen) atoms. The van der Waals surface area contributed by atoms with Crippen LogP contribution in [0, 0.1) is 10.1 Å². The van der Waals surface area contributed by atoms with Gasteiger partial charge in [0.15, 0.2) is 5.82 Å². The predicted octanol–water partition coefficient (Wildman–Crippen LogP) is 4.52. The van der Waals surface area contributed by atoms with Crippen molar-refractivity contribution >= 4 is 17.3 Å². The smallest absolute Gasteiger partial charge is 0.336 e. The lowest BCUT2D eigenvalue weighted by atomic mass is 10.1. The first-order valence-corrected chi connectivity index (χ1v) is 11.5. The molecule has 3 aromatic carbocycles. The van der Waals surface area contributed by atoms with E-state index in [-0.39, 0.29) is 17.3 Å². The van der Waals surface area contributed by atoms with E-state index >= 15 is 0 Å². The zero-order valence-electron chi connectivity index (χ0n) is 20.3. The Labute approximate surface area is 212 Å². The van der Waals surface area contributed by atoms with Gasteiger partial charge in [-0.05, 0) is 55.5 Å². The first kappa shape index (κ1) is 25.3. The lowest BCUT2D eigenvalue weighted by Crippen LogP contribution is -2.12. The van der Waals surface area contributed by atoms with E-state index in [1.807, 2.05) is 37.3 Å². The van der Waals surface area contributed by atoms with E-state index in [0.717, 1.165) is 5.56 Å². The van der Waals surface area contributed by atoms with Crippen LogP contribution >= 0.6 is 0 Å². The van der Waals surface area contributed by atoms with Gasteiger partial charge in [0.05, 0.1) is 24.3 Å². The second-order valence-corrected chi connectivity index (χ2v) is 7.72. The summed E-state index contributed by atoms with van der Waals surface area (Å²) in [6, 6.07) is 20.1. The molecule has 0 bridgehead atoms. The van der Waals surface area contributed by atoms with Gasteiger partial charge in [-0.1, -0.05) is 12.1 Å². The van der Waals surface area contributed by atoms with E-state index in [9.17, 15) is 14.9 Å². The number of nitro groups is 1. The van der Waals surface area contributed by atoms with Crippen molar-refractivity contribution in [2.75, 3.05) is 32.2 Å². The third-order valence-corrected chi connectivity index (χ3v) is 5.27. The lowest BCUT2D eigenvalue weighted by Gasteiger charge is -2.10. The van der Waals surface area contributed by atoms with Crippen LogP contribution in [0.25, 0.3) is 17.1 Å². The number of rotatable bonds is 11. The Kier molecular flexibility index (Phi) is 8.06. The SMILES string of the molecule is CCOCCOc1nc(-c2ccc(OC)cc2)n(-c2cccc(NC(=O)c3cccc([N+](=O)[O-])c3)c2)n1. The largest absolute Gasteiger partial charge is 0.497 e. The Morgan fingerprint density at radius 1 is 1.05 bits per heavy atom. The van der Waals surface area contributed by atoms with Crippen LogP contribution in [0.15, 0.2) is 72.8 Å². The van der Waals surface area contributed by atoms with Crippen molar-refractivity contribution in [1.29, 1.82) is 0 Å². The monoisotopic (exact) mass is 503 g/mol. The summed E-state index contributed by atoms with van der Waals surface area (Å²) >= 11 is 0. The number of nitrogens with zero attached hydrogens (tertiary/aromatic N) is 4. The van der Waals surface area contributed by atoms with Crippen LogP contribution in [-0.4, -0.2) is 52.5 Å². The van der Waals surface area contributed by atoms with Crippen LogP contribution in [0.5, 0.6) is 11.8 Å². The van der Waals surface area contributed by atoms with Crippen molar-refractivity contribution in [3.63, 3.8) is 0 Å². The molecule has 11 heteroatoms. The number of benzene rings is 3. The third-order valence-electron chi connectivity index (χ3n) is 5.27. The van der Waals surface area contributed by atoms with Gasteiger partial charge in [0, 0.05) is 35.6 Å². The number of carbonyl (C=O) groups excluding carboxylic acids is 1. The summed E-state index contributed by atoms with van der Waals surface area (Å²) in [7, 11) is 1.59. The Morgan fingerprint density at radius 2 is 1.84 bits per heavy atom. The summed E-state index contributed by atoms with van der Waals surface area (Å²) < 4.78 is 17.9. The average Bonchev–Trinajstić information content (AvgIpc) is 3.35. The van der Waals surface area contributed by atoms with Crippen LogP contribution in [0.3, 0.4) is 0 Å². The van der Waals surface area contributed by atoms with Gasteiger partial charge in [0.2, 0.25) is 0 Å². The lowest BCUT2D eigenvalue weighted by molar-refractivity contribution is -0.384. The standard InChI is InChI=1S/C26H25N5O6/c1-3-36-14-15-37-26-28-24(18-10-12-23(35-2)13-11-18)30(29-26)21-8-5-7-20(17-21)27-25(32)19-6-4-9-22(16-19)31(33)34/h4-13,16-17H,3,14-15H2,1-2H3,(H,27,32). The number of ether oxygens (including phenoxy) is 3. The first-order chi connectivity index (χ1) is 18.0. The van der Waals surface area contributed by atoms with Crippen molar-refractivity contribution in [2.24, 2.45) is 0 Å². The van der Waals surface area contributed by atoms with Gasteiger partial charge in [0.25, 0.3) is 11.6 Å². The first-order valence-electron chi connectivity index (χ1n) is 11.5. The van der Waals surface area contributed by atoms with Crippen molar-refractivity contribution in [3.8, 4) is 28.8 Å². The number of aromatic nitrogens is 3. The van der Waals surface area contributed by atoms with Crippen molar-refractivity contribution in [2.45, 2.75) is 6.92 Å². The number of carbonyl (C=O) groups is 1. The molecular weight excluding hydrogens is 478 g/mol. The van der Waals surface area contributed by atoms with Crippen molar-refractivity contribution < 1.29 is 23.9 Å². The molecule has 1 N–H and O–H groups in total. The number of nitro benzene ring substituents is 1. The zero-order chi connectivity index (χ0) is 26.2. The van der Waals surface area contributed by atoms with Crippen LogP contribution in [0.1, 0.15) is 17.3 Å². The number of methoxy groups -OCH3 is 1. The molecule has 11 nitrogen and oxygen atoms in total. The summed E-state index contributed by atoms with van der Waals surface area (Å²) in [6.07, 6.45) is 0. The van der Waals surface area contributed by atoms with E-state index in [0.29, 0.717) is 42.8 Å². The summed E-state index contributed by atoms with van der Waals surface area (Å²) in [5.74, 6) is 0.750. The molecule has 0 atom stereocenters. The van der Waals surface area contributed by atoms with E-state index in [1.165, 1.54) is 24.3 Å². The van der Waals surface area contributed by atoms with E-state index in [1.54, 1.807) is 30.0 Å². The Hall–Kier alpha value is -4.77. The molecule has 0 aliphatic heterocycles. The quantitative estimate of drug-likeness (QED) is 0.180. The van der Waals surface area contributed by atoms with Gasteiger partial charge in [-0.15, -0.1) is 5.10 Å². The summed E-state index contributed by atoms with van der Waals surface area (Å²) in [5.41, 5.74) is 1.88. The normalized spacial score (nSPS) is 10.6. The van der Waals surface area contributed by atoms with Crippen molar-refractivity contribution in [3.05, 3.63) is 88.5 Å². The number of hydrogen-bond acceptors (Lipinski definition) is 8. The highest BCUT2D eigenvalue weighted by atomic mass is 16.6. The fraction of sp³-hybridized carbons (Fsp3) is 0.192. The Morgan fingerprint density at radius 3 is 2.57 bits per heavy atom. The van der Waals surface area contributed by atoms with Gasteiger partial charge < -0.3 is 19.5 Å². The third kappa shape index (κ3) is 6.27. The summed E-state index contributed by atoms with van der Waals surface area (Å²) in [5, 5.41) is 18.3. The molecule has 4 aromatic rings. The topological polar surface area (TPSA) is 131 Å². The molecule has 1 heterocycles. The number of non-ortho nitro benzene ring substituents is 1. The second-order valence-electron chi connectivity index (χ2n) is 7.72. The van der Waals surface area contributed by atoms with Gasteiger partial charge in [-0.3, -0.25) is 14.9 Å². The molecule has 1 aromatic heterocycles. The molecule has 1 amide bonds. The zero-order valence-corrected chi connectivity index (χ0v) is 20.3. The molecule has 0 aliphatic rings. The minimum Gasteiger partial charge on any atom is -0.497 e. The van der Waals surface area contributed by atoms with Gasteiger partial charge in [0.1, 0.15) is 12.4 Å².